The molecule has 1 unspecified atom stereocenters. The van der Waals surface area contributed by atoms with E-state index in [1.54, 1.807) is 0 Å². The summed E-state index contributed by atoms with van der Waals surface area (Å²) in [5.74, 6) is 0.686. The smallest absolute Gasteiger partial charge is 0.0787 e. The Morgan fingerprint density at radius 3 is 2.12 bits per heavy atom. The quantitative estimate of drug-likeness (QED) is 0.773. The van der Waals surface area contributed by atoms with Gasteiger partial charge in [0.15, 0.2) is 0 Å². The van der Waals surface area contributed by atoms with Crippen molar-refractivity contribution in [2.24, 2.45) is 5.92 Å². The van der Waals surface area contributed by atoms with Gasteiger partial charge in [-0.3, -0.25) is 0 Å². The van der Waals surface area contributed by atoms with Crippen molar-refractivity contribution in [1.29, 1.82) is 0 Å². The Bertz CT molecular complexity index is 305. The van der Waals surface area contributed by atoms with E-state index in [-0.39, 0.29) is 6.10 Å². The summed E-state index contributed by atoms with van der Waals surface area (Å²) in [6.07, 6.45) is 0.455. The Labute approximate surface area is 103 Å². The van der Waals surface area contributed by atoms with Crippen LogP contribution in [-0.2, 0) is 0 Å². The van der Waals surface area contributed by atoms with E-state index in [9.17, 15) is 5.11 Å². The Hall–Kier alpha value is -0.470. The number of aliphatic hydroxyl groups is 1. The van der Waals surface area contributed by atoms with Crippen LogP contribution in [0.5, 0.6) is 0 Å². The molecule has 0 heterocycles. The van der Waals surface area contributed by atoms with E-state index in [1.165, 1.54) is 4.90 Å². The van der Waals surface area contributed by atoms with Crippen molar-refractivity contribution in [1.82, 2.24) is 0 Å². The Morgan fingerprint density at radius 2 is 1.69 bits per heavy atom. The largest absolute Gasteiger partial charge is 0.388 e. The van der Waals surface area contributed by atoms with Crippen molar-refractivity contribution in [3.8, 4) is 0 Å². The number of hydrogen-bond acceptors (Lipinski definition) is 2. The van der Waals surface area contributed by atoms with Gasteiger partial charge < -0.3 is 5.11 Å². The first-order valence-corrected chi connectivity index (χ1v) is 6.87. The van der Waals surface area contributed by atoms with Crippen LogP contribution in [-0.4, -0.2) is 10.4 Å². The summed E-state index contributed by atoms with van der Waals surface area (Å²) in [7, 11) is 0. The zero-order valence-electron chi connectivity index (χ0n) is 10.6. The van der Waals surface area contributed by atoms with Crippen LogP contribution in [0.15, 0.2) is 29.2 Å². The highest BCUT2D eigenvalue weighted by Crippen LogP contribution is 2.28. The van der Waals surface area contributed by atoms with Crippen LogP contribution in [0.3, 0.4) is 0 Å². The van der Waals surface area contributed by atoms with Crippen molar-refractivity contribution in [3.63, 3.8) is 0 Å². The molecular weight excluding hydrogens is 216 g/mol. The fourth-order valence-corrected chi connectivity index (χ4v) is 2.35. The van der Waals surface area contributed by atoms with Gasteiger partial charge in [0.1, 0.15) is 0 Å². The lowest BCUT2D eigenvalue weighted by Crippen LogP contribution is -2.05. The molecule has 0 bridgehead atoms. The van der Waals surface area contributed by atoms with E-state index in [2.05, 4.69) is 32.9 Å². The fraction of sp³-hybridized carbons (Fsp3) is 0.571. The van der Waals surface area contributed by atoms with E-state index in [0.29, 0.717) is 11.2 Å². The molecule has 16 heavy (non-hydrogen) atoms. The van der Waals surface area contributed by atoms with Gasteiger partial charge in [-0.05, 0) is 30.0 Å². The SMILES string of the molecule is CC[C@H](O)c1ccc(SC(C)C(C)C)cc1. The minimum atomic E-state index is -0.318. The van der Waals surface area contributed by atoms with Crippen molar-refractivity contribution in [2.75, 3.05) is 0 Å². The first-order chi connectivity index (χ1) is 7.54. The van der Waals surface area contributed by atoms with Gasteiger partial charge in [-0.15, -0.1) is 11.8 Å². The number of rotatable bonds is 5. The van der Waals surface area contributed by atoms with Gasteiger partial charge in [0.05, 0.1) is 6.10 Å². The summed E-state index contributed by atoms with van der Waals surface area (Å²) in [6, 6.07) is 8.28. The molecule has 0 aliphatic carbocycles. The molecule has 1 nitrogen and oxygen atoms in total. The second-order valence-electron chi connectivity index (χ2n) is 4.56. The van der Waals surface area contributed by atoms with Crippen LogP contribution in [0.2, 0.25) is 0 Å². The molecular formula is C14H22OS. The minimum absolute atomic E-state index is 0.318. The molecule has 0 saturated carbocycles. The van der Waals surface area contributed by atoms with Crippen molar-refractivity contribution >= 4 is 11.8 Å². The van der Waals surface area contributed by atoms with E-state index in [1.807, 2.05) is 30.8 Å². The molecule has 0 saturated heterocycles. The van der Waals surface area contributed by atoms with Crippen molar-refractivity contribution in [3.05, 3.63) is 29.8 Å². The minimum Gasteiger partial charge on any atom is -0.388 e. The predicted octanol–water partition coefficient (Wildman–Crippen LogP) is 4.27. The normalized spacial score (nSPS) is 15.1. The zero-order valence-corrected chi connectivity index (χ0v) is 11.4. The standard InChI is InChI=1S/C14H22OS/c1-5-14(15)12-6-8-13(9-7-12)16-11(4)10(2)3/h6-11,14-15H,5H2,1-4H3/t11?,14-/m0/s1. The molecule has 1 aromatic carbocycles. The molecule has 1 aromatic rings. The predicted molar refractivity (Wildman–Crippen MR) is 71.8 cm³/mol. The summed E-state index contributed by atoms with van der Waals surface area (Å²) < 4.78 is 0. The second-order valence-corrected chi connectivity index (χ2v) is 6.01. The van der Waals surface area contributed by atoms with E-state index in [0.717, 1.165) is 12.0 Å². The number of aliphatic hydroxyl groups excluding tert-OH is 1. The van der Waals surface area contributed by atoms with Gasteiger partial charge in [-0.25, -0.2) is 0 Å². The molecule has 1 rings (SSSR count). The lowest BCUT2D eigenvalue weighted by Gasteiger charge is -2.15. The Balaban J connectivity index is 2.64. The van der Waals surface area contributed by atoms with Crippen LogP contribution in [0.25, 0.3) is 0 Å². The maximum Gasteiger partial charge on any atom is 0.0787 e. The van der Waals surface area contributed by atoms with Gasteiger partial charge in [-0.1, -0.05) is 39.8 Å². The molecule has 2 heteroatoms. The fourth-order valence-electron chi connectivity index (χ4n) is 1.35. The molecule has 0 spiro atoms. The van der Waals surface area contributed by atoms with Crippen LogP contribution >= 0.6 is 11.8 Å². The molecule has 0 aliphatic rings. The number of thioether (sulfide) groups is 1. The third-order valence-electron chi connectivity index (χ3n) is 2.91. The number of benzene rings is 1. The van der Waals surface area contributed by atoms with Crippen molar-refractivity contribution in [2.45, 2.75) is 50.4 Å². The first-order valence-electron chi connectivity index (χ1n) is 5.99. The molecule has 0 aromatic heterocycles. The first kappa shape index (κ1) is 13.6. The van der Waals surface area contributed by atoms with Gasteiger partial charge in [-0.2, -0.15) is 0 Å². The average Bonchev–Trinajstić information content (AvgIpc) is 2.28. The molecule has 1 N–H and O–H groups in total. The van der Waals surface area contributed by atoms with E-state index < -0.39 is 0 Å². The molecule has 0 aliphatic heterocycles. The topological polar surface area (TPSA) is 20.2 Å². The summed E-state index contributed by atoms with van der Waals surface area (Å²) in [6.45, 7) is 8.73. The van der Waals surface area contributed by atoms with Crippen LogP contribution in [0.1, 0.15) is 45.8 Å². The summed E-state index contributed by atoms with van der Waals surface area (Å²) in [5.41, 5.74) is 1.02. The summed E-state index contributed by atoms with van der Waals surface area (Å²) in [5, 5.41) is 10.3. The van der Waals surface area contributed by atoms with E-state index in [4.69, 9.17) is 0 Å². The van der Waals surface area contributed by atoms with E-state index >= 15 is 0 Å². The molecule has 2 atom stereocenters. The zero-order chi connectivity index (χ0) is 12.1. The van der Waals surface area contributed by atoms with Gasteiger partial charge in [0.25, 0.3) is 0 Å². The maximum atomic E-state index is 9.68. The Kier molecular flexibility index (Phi) is 5.36. The van der Waals surface area contributed by atoms with Crippen LogP contribution < -0.4 is 0 Å². The number of hydrogen-bond donors (Lipinski definition) is 1. The second kappa shape index (κ2) is 6.31. The van der Waals surface area contributed by atoms with Gasteiger partial charge >= 0.3 is 0 Å². The molecule has 0 fully saturated rings. The van der Waals surface area contributed by atoms with Crippen LogP contribution in [0, 0.1) is 5.92 Å². The lowest BCUT2D eigenvalue weighted by atomic mass is 10.1. The highest BCUT2D eigenvalue weighted by Gasteiger charge is 2.09. The molecule has 0 amide bonds. The highest BCUT2D eigenvalue weighted by molar-refractivity contribution is 8.00. The molecule has 0 radical (unpaired) electrons. The van der Waals surface area contributed by atoms with Crippen LogP contribution in [0.4, 0.5) is 0 Å². The maximum absolute atomic E-state index is 9.68. The Morgan fingerprint density at radius 1 is 1.12 bits per heavy atom. The lowest BCUT2D eigenvalue weighted by molar-refractivity contribution is 0.173. The van der Waals surface area contributed by atoms with Gasteiger partial charge in [0, 0.05) is 10.1 Å². The monoisotopic (exact) mass is 238 g/mol. The highest BCUT2D eigenvalue weighted by atomic mass is 32.2. The van der Waals surface area contributed by atoms with Gasteiger partial charge in [0.2, 0.25) is 0 Å². The summed E-state index contributed by atoms with van der Waals surface area (Å²) >= 11 is 1.90. The third kappa shape index (κ3) is 3.84. The summed E-state index contributed by atoms with van der Waals surface area (Å²) in [4.78, 5) is 1.29. The molecule has 90 valence electrons. The average molecular weight is 238 g/mol. The third-order valence-corrected chi connectivity index (χ3v) is 4.37. The van der Waals surface area contributed by atoms with Crippen molar-refractivity contribution < 1.29 is 5.11 Å².